The normalized spacial score (nSPS) is 12.0. The second-order valence-electron chi connectivity index (χ2n) is 7.61. The molecular formula is C21H18Br2ClN3O3. The van der Waals surface area contributed by atoms with Crippen LogP contribution in [0.2, 0.25) is 5.02 Å². The molecule has 0 unspecified atom stereocenters. The Morgan fingerprint density at radius 2 is 1.93 bits per heavy atom. The maximum Gasteiger partial charge on any atom is 0.308 e. The molecule has 0 bridgehead atoms. The minimum atomic E-state index is -0.488. The van der Waals surface area contributed by atoms with Crippen LogP contribution in [0.5, 0.6) is 5.75 Å². The Hall–Kier alpha value is -2.03. The van der Waals surface area contributed by atoms with Crippen molar-refractivity contribution >= 4 is 66.5 Å². The number of halogens is 3. The largest absolute Gasteiger partial charge is 0.425 e. The molecule has 9 heteroatoms. The molecule has 1 heterocycles. The zero-order valence-electron chi connectivity index (χ0n) is 16.7. The second-order valence-corrected chi connectivity index (χ2v) is 9.81. The Bertz CT molecular complexity index is 1250. The summed E-state index contributed by atoms with van der Waals surface area (Å²) < 4.78 is 7.82. The first kappa shape index (κ1) is 22.7. The lowest BCUT2D eigenvalue weighted by Gasteiger charge is -2.21. The van der Waals surface area contributed by atoms with E-state index in [1.165, 1.54) is 17.8 Å². The molecule has 0 aliphatic heterocycles. The number of hydrogen-bond donors (Lipinski definition) is 0. The van der Waals surface area contributed by atoms with E-state index in [1.54, 1.807) is 24.3 Å². The first-order valence-corrected chi connectivity index (χ1v) is 10.9. The molecule has 0 N–H and O–H groups in total. The van der Waals surface area contributed by atoms with Gasteiger partial charge in [-0.15, -0.1) is 0 Å². The van der Waals surface area contributed by atoms with Crippen LogP contribution in [0, 0.1) is 0 Å². The summed E-state index contributed by atoms with van der Waals surface area (Å²) >= 11 is 12.9. The molecule has 6 nitrogen and oxygen atoms in total. The van der Waals surface area contributed by atoms with Gasteiger partial charge in [-0.25, -0.2) is 4.98 Å². The fraction of sp³-hybridized carbons (Fsp3) is 0.238. The lowest BCUT2D eigenvalue weighted by Crippen LogP contribution is -2.29. The third-order valence-corrected chi connectivity index (χ3v) is 5.37. The number of rotatable bonds is 3. The van der Waals surface area contributed by atoms with Crippen LogP contribution in [0.25, 0.3) is 10.9 Å². The highest BCUT2D eigenvalue weighted by molar-refractivity contribution is 9.10. The Morgan fingerprint density at radius 3 is 2.57 bits per heavy atom. The first-order chi connectivity index (χ1) is 14.0. The minimum absolute atomic E-state index is 0.262. The van der Waals surface area contributed by atoms with Crippen LogP contribution in [-0.2, 0) is 10.2 Å². The first-order valence-electron chi connectivity index (χ1n) is 8.92. The van der Waals surface area contributed by atoms with Crippen LogP contribution in [-0.4, -0.2) is 21.8 Å². The summed E-state index contributed by atoms with van der Waals surface area (Å²) in [5.41, 5.74) is 0.264. The van der Waals surface area contributed by atoms with Gasteiger partial charge in [-0.2, -0.15) is 9.78 Å². The van der Waals surface area contributed by atoms with Gasteiger partial charge in [0, 0.05) is 27.4 Å². The SMILES string of the molecule is CC(=O)Oc1c(Br)cc(Cl)cc1C=Nn1c(C(C)(C)C)nc2ccc(Br)cc2c1=O. The fourth-order valence-corrected chi connectivity index (χ4v) is 4.06. The minimum Gasteiger partial charge on any atom is -0.425 e. The highest BCUT2D eigenvalue weighted by atomic mass is 79.9. The molecule has 3 rings (SSSR count). The number of benzene rings is 2. The summed E-state index contributed by atoms with van der Waals surface area (Å²) in [7, 11) is 0. The average Bonchev–Trinajstić information content (AvgIpc) is 2.62. The maximum absolute atomic E-state index is 13.2. The molecule has 0 aliphatic rings. The van der Waals surface area contributed by atoms with Gasteiger partial charge in [0.25, 0.3) is 5.56 Å². The number of esters is 1. The Kier molecular flexibility index (Phi) is 6.50. The zero-order valence-corrected chi connectivity index (χ0v) is 20.6. The summed E-state index contributed by atoms with van der Waals surface area (Å²) in [6.45, 7) is 7.15. The predicted molar refractivity (Wildman–Crippen MR) is 126 cm³/mol. The van der Waals surface area contributed by atoms with Crippen LogP contribution in [0.3, 0.4) is 0 Å². The van der Waals surface area contributed by atoms with Gasteiger partial charge in [-0.05, 0) is 46.3 Å². The van der Waals surface area contributed by atoms with E-state index in [1.807, 2.05) is 26.8 Å². The van der Waals surface area contributed by atoms with Gasteiger partial charge in [-0.3, -0.25) is 9.59 Å². The molecule has 0 saturated heterocycles. The number of aromatic nitrogens is 2. The molecule has 0 aliphatic carbocycles. The van der Waals surface area contributed by atoms with Gasteiger partial charge in [0.1, 0.15) is 5.82 Å². The average molecular weight is 556 g/mol. The van der Waals surface area contributed by atoms with Crippen LogP contribution in [0.4, 0.5) is 0 Å². The van der Waals surface area contributed by atoms with Gasteiger partial charge in [0.2, 0.25) is 0 Å². The summed E-state index contributed by atoms with van der Waals surface area (Å²) in [6, 6.07) is 8.55. The molecule has 0 atom stereocenters. The lowest BCUT2D eigenvalue weighted by molar-refractivity contribution is -0.131. The molecule has 0 spiro atoms. The van der Waals surface area contributed by atoms with Crippen molar-refractivity contribution in [3.8, 4) is 5.75 Å². The number of carbonyl (C=O) groups is 1. The maximum atomic E-state index is 13.2. The van der Waals surface area contributed by atoms with Crippen molar-refractivity contribution in [2.24, 2.45) is 5.10 Å². The van der Waals surface area contributed by atoms with E-state index in [-0.39, 0.29) is 11.3 Å². The van der Waals surface area contributed by atoms with E-state index in [9.17, 15) is 9.59 Å². The molecule has 156 valence electrons. The number of hydrogen-bond acceptors (Lipinski definition) is 5. The number of carbonyl (C=O) groups excluding carboxylic acids is 1. The van der Waals surface area contributed by atoms with E-state index in [0.29, 0.717) is 31.8 Å². The van der Waals surface area contributed by atoms with Crippen molar-refractivity contribution in [3.63, 3.8) is 0 Å². The van der Waals surface area contributed by atoms with E-state index < -0.39 is 11.4 Å². The topological polar surface area (TPSA) is 73.5 Å². The molecule has 1 aromatic heterocycles. The Morgan fingerprint density at radius 1 is 1.23 bits per heavy atom. The van der Waals surface area contributed by atoms with Crippen LogP contribution in [0.1, 0.15) is 39.1 Å². The number of ether oxygens (including phenoxy) is 1. The summed E-state index contributed by atoms with van der Waals surface area (Å²) in [4.78, 5) is 29.4. The highest BCUT2D eigenvalue weighted by Crippen LogP contribution is 2.32. The number of nitrogens with zero attached hydrogens (tertiary/aromatic N) is 3. The van der Waals surface area contributed by atoms with Gasteiger partial charge >= 0.3 is 5.97 Å². The number of fused-ring (bicyclic) bond motifs is 1. The van der Waals surface area contributed by atoms with E-state index in [4.69, 9.17) is 16.3 Å². The second kappa shape index (κ2) is 8.61. The molecule has 0 fully saturated rings. The van der Waals surface area contributed by atoms with Gasteiger partial charge < -0.3 is 4.74 Å². The summed E-state index contributed by atoms with van der Waals surface area (Å²) in [5.74, 6) is 0.267. The van der Waals surface area contributed by atoms with Crippen LogP contribution >= 0.6 is 43.5 Å². The van der Waals surface area contributed by atoms with E-state index in [2.05, 4.69) is 41.9 Å². The molecule has 0 saturated carbocycles. The molecule has 2 aromatic carbocycles. The fourth-order valence-electron chi connectivity index (χ4n) is 2.79. The molecule has 0 radical (unpaired) electrons. The summed E-state index contributed by atoms with van der Waals surface area (Å²) in [6.07, 6.45) is 1.43. The van der Waals surface area contributed by atoms with Crippen molar-refractivity contribution < 1.29 is 9.53 Å². The van der Waals surface area contributed by atoms with Crippen molar-refractivity contribution in [1.29, 1.82) is 0 Å². The Labute approximate surface area is 195 Å². The van der Waals surface area contributed by atoms with E-state index >= 15 is 0 Å². The van der Waals surface area contributed by atoms with Gasteiger partial charge in [0.05, 0.1) is 21.6 Å². The predicted octanol–water partition coefficient (Wildman–Crippen LogP) is 5.68. The van der Waals surface area contributed by atoms with Crippen LogP contribution in [0.15, 0.2) is 49.2 Å². The van der Waals surface area contributed by atoms with Crippen molar-refractivity contribution in [2.45, 2.75) is 33.1 Å². The summed E-state index contributed by atoms with van der Waals surface area (Å²) in [5, 5.41) is 5.26. The highest BCUT2D eigenvalue weighted by Gasteiger charge is 2.23. The Balaban J connectivity index is 2.25. The van der Waals surface area contributed by atoms with Crippen molar-refractivity contribution in [1.82, 2.24) is 9.66 Å². The monoisotopic (exact) mass is 553 g/mol. The van der Waals surface area contributed by atoms with Gasteiger partial charge in [0.15, 0.2) is 5.75 Å². The standard InChI is InChI=1S/C21H18Br2ClN3O3/c1-11(28)30-18-12(7-14(24)9-16(18)23)10-25-27-19(29)15-8-13(22)5-6-17(15)26-20(27)21(2,3)4/h5-10H,1-4H3. The molecule has 3 aromatic rings. The zero-order chi connectivity index (χ0) is 22.2. The third kappa shape index (κ3) is 4.82. The smallest absolute Gasteiger partial charge is 0.308 e. The quantitative estimate of drug-likeness (QED) is 0.237. The third-order valence-electron chi connectivity index (χ3n) is 4.07. The van der Waals surface area contributed by atoms with Gasteiger partial charge in [-0.1, -0.05) is 48.3 Å². The van der Waals surface area contributed by atoms with Crippen molar-refractivity contribution in [3.05, 3.63) is 66.0 Å². The van der Waals surface area contributed by atoms with Crippen molar-refractivity contribution in [2.75, 3.05) is 0 Å². The van der Waals surface area contributed by atoms with E-state index in [0.717, 1.165) is 4.47 Å². The molecule has 30 heavy (non-hydrogen) atoms. The lowest BCUT2D eigenvalue weighted by atomic mass is 9.95. The molecular weight excluding hydrogens is 538 g/mol. The van der Waals surface area contributed by atoms with Crippen LogP contribution < -0.4 is 10.3 Å². The molecule has 0 amide bonds.